The number of rotatable bonds is 6. The summed E-state index contributed by atoms with van der Waals surface area (Å²) in [5.74, 6) is 0.945. The molecule has 0 radical (unpaired) electrons. The maximum absolute atomic E-state index is 12.7. The third-order valence-electron chi connectivity index (χ3n) is 5.66. The second kappa shape index (κ2) is 10.7. The number of carbonyl (C=O) groups excluding carboxylic acids is 2. The summed E-state index contributed by atoms with van der Waals surface area (Å²) in [6.07, 6.45) is 4.65. The standard InChI is InChI=1S/C21H31N3O2.ClH/c1-16(18-8-3-2-4-9-18)13-20(25)24-12-6-7-17(15-24)14-23-21(26)19-10-5-11-22-19;/h2-4,8-9,16-17,19,22H,5-7,10-15H2,1H3,(H,23,26);1H. The smallest absolute Gasteiger partial charge is 0.237 e. The quantitative estimate of drug-likeness (QED) is 0.781. The van der Waals surface area contributed by atoms with Crippen molar-refractivity contribution in [3.05, 3.63) is 35.9 Å². The number of hydrogen-bond acceptors (Lipinski definition) is 3. The van der Waals surface area contributed by atoms with E-state index in [1.807, 2.05) is 23.1 Å². The van der Waals surface area contributed by atoms with E-state index in [9.17, 15) is 9.59 Å². The molecule has 5 nitrogen and oxygen atoms in total. The van der Waals surface area contributed by atoms with Crippen LogP contribution in [0, 0.1) is 5.92 Å². The number of benzene rings is 1. The molecular formula is C21H32ClN3O2. The Kier molecular flexibility index (Phi) is 8.58. The van der Waals surface area contributed by atoms with Gasteiger partial charge in [-0.1, -0.05) is 37.3 Å². The highest BCUT2D eigenvalue weighted by Crippen LogP contribution is 2.22. The van der Waals surface area contributed by atoms with Crippen molar-refractivity contribution in [1.29, 1.82) is 0 Å². The van der Waals surface area contributed by atoms with Crippen molar-refractivity contribution in [2.75, 3.05) is 26.2 Å². The molecule has 1 aromatic rings. The number of hydrogen-bond donors (Lipinski definition) is 2. The van der Waals surface area contributed by atoms with Crippen LogP contribution in [0.3, 0.4) is 0 Å². The van der Waals surface area contributed by atoms with Crippen molar-refractivity contribution in [1.82, 2.24) is 15.5 Å². The lowest BCUT2D eigenvalue weighted by atomic mass is 9.94. The van der Waals surface area contributed by atoms with Gasteiger partial charge in [0.05, 0.1) is 6.04 Å². The van der Waals surface area contributed by atoms with E-state index in [0.29, 0.717) is 18.9 Å². The largest absolute Gasteiger partial charge is 0.354 e. The van der Waals surface area contributed by atoms with Crippen LogP contribution in [-0.4, -0.2) is 48.9 Å². The number of halogens is 1. The highest BCUT2D eigenvalue weighted by molar-refractivity contribution is 5.85. The third-order valence-corrected chi connectivity index (χ3v) is 5.66. The van der Waals surface area contributed by atoms with Crippen molar-refractivity contribution < 1.29 is 9.59 Å². The normalized spacial score (nSPS) is 23.4. The van der Waals surface area contributed by atoms with Gasteiger partial charge in [-0.2, -0.15) is 0 Å². The van der Waals surface area contributed by atoms with E-state index in [0.717, 1.165) is 45.3 Å². The van der Waals surface area contributed by atoms with Crippen molar-refractivity contribution in [2.24, 2.45) is 5.92 Å². The molecular weight excluding hydrogens is 362 g/mol. The van der Waals surface area contributed by atoms with Gasteiger partial charge in [0.1, 0.15) is 0 Å². The maximum Gasteiger partial charge on any atom is 0.237 e. The van der Waals surface area contributed by atoms with Crippen LogP contribution in [-0.2, 0) is 9.59 Å². The molecule has 2 N–H and O–H groups in total. The van der Waals surface area contributed by atoms with Gasteiger partial charge in [0, 0.05) is 26.1 Å². The summed E-state index contributed by atoms with van der Waals surface area (Å²) in [4.78, 5) is 26.8. The molecule has 2 aliphatic rings. The van der Waals surface area contributed by atoms with Crippen LogP contribution in [0.4, 0.5) is 0 Å². The Morgan fingerprint density at radius 1 is 1.22 bits per heavy atom. The van der Waals surface area contributed by atoms with Gasteiger partial charge in [0.25, 0.3) is 0 Å². The molecule has 2 fully saturated rings. The molecule has 2 amide bonds. The maximum atomic E-state index is 12.7. The summed E-state index contributed by atoms with van der Waals surface area (Å²) in [6, 6.07) is 10.2. The van der Waals surface area contributed by atoms with Crippen molar-refractivity contribution in [2.45, 2.75) is 51.0 Å². The molecule has 2 aliphatic heterocycles. The summed E-state index contributed by atoms with van der Waals surface area (Å²) in [6.45, 7) is 5.33. The third kappa shape index (κ3) is 6.22. The van der Waals surface area contributed by atoms with Gasteiger partial charge in [-0.3, -0.25) is 9.59 Å². The minimum absolute atomic E-state index is 0. The second-order valence-electron chi connectivity index (χ2n) is 7.76. The van der Waals surface area contributed by atoms with E-state index < -0.39 is 0 Å². The summed E-state index contributed by atoms with van der Waals surface area (Å²) in [7, 11) is 0. The van der Waals surface area contributed by atoms with Gasteiger partial charge in [0.2, 0.25) is 11.8 Å². The SMILES string of the molecule is CC(CC(=O)N1CCCC(CNC(=O)C2CCCN2)C1)c1ccccc1.Cl. The fourth-order valence-electron chi connectivity index (χ4n) is 4.03. The molecule has 3 atom stereocenters. The van der Waals surface area contributed by atoms with Gasteiger partial charge >= 0.3 is 0 Å². The zero-order valence-electron chi connectivity index (χ0n) is 16.2. The Morgan fingerprint density at radius 2 is 2.00 bits per heavy atom. The summed E-state index contributed by atoms with van der Waals surface area (Å²) >= 11 is 0. The zero-order chi connectivity index (χ0) is 18.4. The van der Waals surface area contributed by atoms with Crippen LogP contribution >= 0.6 is 12.4 Å². The molecule has 3 unspecified atom stereocenters. The lowest BCUT2D eigenvalue weighted by Crippen LogP contribution is -2.46. The molecule has 0 bridgehead atoms. The van der Waals surface area contributed by atoms with Gasteiger partial charge in [-0.05, 0) is 49.6 Å². The van der Waals surface area contributed by atoms with Crippen LogP contribution in [0.2, 0.25) is 0 Å². The van der Waals surface area contributed by atoms with Crippen molar-refractivity contribution >= 4 is 24.2 Å². The average Bonchev–Trinajstić information content (AvgIpc) is 3.22. The van der Waals surface area contributed by atoms with E-state index in [1.54, 1.807) is 0 Å². The van der Waals surface area contributed by atoms with Gasteiger partial charge in [-0.15, -0.1) is 12.4 Å². The van der Waals surface area contributed by atoms with Gasteiger partial charge in [-0.25, -0.2) is 0 Å². The summed E-state index contributed by atoms with van der Waals surface area (Å²) in [5.41, 5.74) is 1.21. The Labute approximate surface area is 168 Å². The van der Waals surface area contributed by atoms with E-state index >= 15 is 0 Å². The molecule has 150 valence electrons. The molecule has 0 aliphatic carbocycles. The molecule has 27 heavy (non-hydrogen) atoms. The monoisotopic (exact) mass is 393 g/mol. The van der Waals surface area contributed by atoms with E-state index in [2.05, 4.69) is 29.7 Å². The molecule has 1 aromatic carbocycles. The predicted molar refractivity (Wildman–Crippen MR) is 110 cm³/mol. The highest BCUT2D eigenvalue weighted by Gasteiger charge is 2.27. The van der Waals surface area contributed by atoms with Crippen LogP contribution in [0.25, 0.3) is 0 Å². The minimum atomic E-state index is -0.0250. The summed E-state index contributed by atoms with van der Waals surface area (Å²) in [5, 5.41) is 6.31. The first kappa shape index (κ1) is 21.7. The fourth-order valence-corrected chi connectivity index (χ4v) is 4.03. The number of amides is 2. The first-order chi connectivity index (χ1) is 12.6. The molecule has 6 heteroatoms. The van der Waals surface area contributed by atoms with Crippen LogP contribution in [0.5, 0.6) is 0 Å². The first-order valence-corrected chi connectivity index (χ1v) is 9.97. The molecule has 2 saturated heterocycles. The lowest BCUT2D eigenvalue weighted by Gasteiger charge is -2.33. The molecule has 0 aromatic heterocycles. The van der Waals surface area contributed by atoms with Gasteiger partial charge in [0.15, 0.2) is 0 Å². The zero-order valence-corrected chi connectivity index (χ0v) is 17.0. The Morgan fingerprint density at radius 3 is 2.70 bits per heavy atom. The molecule has 2 heterocycles. The number of nitrogens with one attached hydrogen (secondary N) is 2. The van der Waals surface area contributed by atoms with Gasteiger partial charge < -0.3 is 15.5 Å². The van der Waals surface area contributed by atoms with Crippen LogP contribution in [0.15, 0.2) is 30.3 Å². The second-order valence-corrected chi connectivity index (χ2v) is 7.76. The Balaban J connectivity index is 0.00000261. The highest BCUT2D eigenvalue weighted by atomic mass is 35.5. The van der Waals surface area contributed by atoms with Crippen LogP contribution in [0.1, 0.15) is 50.5 Å². The van der Waals surface area contributed by atoms with Crippen molar-refractivity contribution in [3.8, 4) is 0 Å². The fraction of sp³-hybridized carbons (Fsp3) is 0.619. The lowest BCUT2D eigenvalue weighted by molar-refractivity contribution is -0.133. The predicted octanol–water partition coefficient (Wildman–Crippen LogP) is 2.71. The Hall–Kier alpha value is -1.59. The molecule has 3 rings (SSSR count). The first-order valence-electron chi connectivity index (χ1n) is 9.97. The number of carbonyl (C=O) groups is 2. The number of piperidine rings is 1. The Bertz CT molecular complexity index is 605. The number of nitrogens with zero attached hydrogens (tertiary/aromatic N) is 1. The molecule has 0 saturated carbocycles. The van der Waals surface area contributed by atoms with E-state index in [1.165, 1.54) is 5.56 Å². The average molecular weight is 394 g/mol. The minimum Gasteiger partial charge on any atom is -0.354 e. The summed E-state index contributed by atoms with van der Waals surface area (Å²) < 4.78 is 0. The van der Waals surface area contributed by atoms with E-state index in [-0.39, 0.29) is 36.2 Å². The topological polar surface area (TPSA) is 61.4 Å². The van der Waals surface area contributed by atoms with E-state index in [4.69, 9.17) is 0 Å². The molecule has 0 spiro atoms. The van der Waals surface area contributed by atoms with Crippen LogP contribution < -0.4 is 10.6 Å². The number of likely N-dealkylation sites (tertiary alicyclic amines) is 1. The van der Waals surface area contributed by atoms with Crippen molar-refractivity contribution in [3.63, 3.8) is 0 Å².